The molecule has 0 spiro atoms. The summed E-state index contributed by atoms with van der Waals surface area (Å²) in [5.41, 5.74) is 0. The zero-order valence-corrected chi connectivity index (χ0v) is 8.04. The molecule has 0 bridgehead atoms. The number of hydrogen-bond donors (Lipinski definition) is 1. The molecule has 0 aromatic carbocycles. The van der Waals surface area contributed by atoms with Gasteiger partial charge in [0.2, 0.25) is 0 Å². The summed E-state index contributed by atoms with van der Waals surface area (Å²) in [4.78, 5) is 0.498. The highest BCUT2D eigenvalue weighted by Crippen LogP contribution is 2.49. The highest BCUT2D eigenvalue weighted by Gasteiger charge is 2.44. The van der Waals surface area contributed by atoms with Gasteiger partial charge in [-0.15, -0.1) is 11.8 Å². The molecule has 1 N–H and O–H groups in total. The van der Waals surface area contributed by atoms with Gasteiger partial charge in [-0.3, -0.25) is 0 Å². The van der Waals surface area contributed by atoms with Gasteiger partial charge in [-0.05, 0) is 43.9 Å². The molecule has 2 rings (SSSR count). The average molecular weight is 171 g/mol. The van der Waals surface area contributed by atoms with E-state index in [2.05, 4.69) is 24.0 Å². The molecular formula is C9H17NS. The smallest absolute Gasteiger partial charge is 0.0671 e. The molecule has 11 heavy (non-hydrogen) atoms. The predicted octanol–water partition coefficient (Wildman–Crippen LogP) is 2.23. The van der Waals surface area contributed by atoms with Crippen LogP contribution in [0.2, 0.25) is 0 Å². The summed E-state index contributed by atoms with van der Waals surface area (Å²) >= 11 is 2.17. The van der Waals surface area contributed by atoms with Gasteiger partial charge in [0.1, 0.15) is 0 Å². The van der Waals surface area contributed by atoms with Crippen LogP contribution < -0.4 is 5.32 Å². The van der Waals surface area contributed by atoms with E-state index in [-0.39, 0.29) is 0 Å². The lowest BCUT2D eigenvalue weighted by atomic mass is 10.1. The maximum Gasteiger partial charge on any atom is 0.0671 e. The van der Waals surface area contributed by atoms with Crippen molar-refractivity contribution in [3.63, 3.8) is 0 Å². The van der Waals surface area contributed by atoms with E-state index in [9.17, 15) is 0 Å². The van der Waals surface area contributed by atoms with E-state index >= 15 is 0 Å². The second-order valence-corrected chi connectivity index (χ2v) is 5.07. The van der Waals surface area contributed by atoms with Gasteiger partial charge in [-0.2, -0.15) is 0 Å². The van der Waals surface area contributed by atoms with Crippen molar-refractivity contribution in [2.24, 2.45) is 5.92 Å². The molecule has 0 aromatic rings. The van der Waals surface area contributed by atoms with Gasteiger partial charge in [-0.1, -0.05) is 6.92 Å². The van der Waals surface area contributed by atoms with Gasteiger partial charge < -0.3 is 5.32 Å². The average Bonchev–Trinajstić information content (AvgIpc) is 2.88. The van der Waals surface area contributed by atoms with Crippen molar-refractivity contribution in [3.05, 3.63) is 0 Å². The Morgan fingerprint density at radius 1 is 1.55 bits per heavy atom. The first-order chi connectivity index (χ1) is 5.37. The molecule has 1 unspecified atom stereocenters. The molecule has 2 fully saturated rings. The fraction of sp³-hybridized carbons (Fsp3) is 1.00. The minimum atomic E-state index is 0.498. The molecule has 2 aliphatic rings. The molecule has 1 saturated heterocycles. The molecule has 1 saturated carbocycles. The fourth-order valence-electron chi connectivity index (χ4n) is 2.01. The Bertz CT molecular complexity index is 136. The number of thioether (sulfide) groups is 1. The predicted molar refractivity (Wildman–Crippen MR) is 50.8 cm³/mol. The molecule has 1 atom stereocenters. The van der Waals surface area contributed by atoms with Crippen LogP contribution >= 0.6 is 11.8 Å². The number of hydrogen-bond acceptors (Lipinski definition) is 2. The standard InChI is InChI=1S/C9H17NS/c1-2-9(8-4-5-8)10-6-3-7-11-9/h8,10H,2-7H2,1H3. The lowest BCUT2D eigenvalue weighted by molar-refractivity contribution is 0.394. The van der Waals surface area contributed by atoms with Crippen LogP contribution in [0.4, 0.5) is 0 Å². The lowest BCUT2D eigenvalue weighted by Gasteiger charge is -2.37. The molecular weight excluding hydrogens is 154 g/mol. The number of rotatable bonds is 2. The van der Waals surface area contributed by atoms with Crippen molar-refractivity contribution in [2.45, 2.75) is 37.5 Å². The van der Waals surface area contributed by atoms with Crippen molar-refractivity contribution in [3.8, 4) is 0 Å². The summed E-state index contributed by atoms with van der Waals surface area (Å²) in [6.45, 7) is 3.57. The highest BCUT2D eigenvalue weighted by molar-refractivity contribution is 8.00. The van der Waals surface area contributed by atoms with Crippen molar-refractivity contribution in [2.75, 3.05) is 12.3 Å². The topological polar surface area (TPSA) is 12.0 Å². The highest BCUT2D eigenvalue weighted by atomic mass is 32.2. The Morgan fingerprint density at radius 3 is 2.82 bits per heavy atom. The Balaban J connectivity index is 2.01. The van der Waals surface area contributed by atoms with Gasteiger partial charge >= 0.3 is 0 Å². The first-order valence-electron chi connectivity index (χ1n) is 4.76. The largest absolute Gasteiger partial charge is 0.303 e. The first kappa shape index (κ1) is 7.93. The van der Waals surface area contributed by atoms with Gasteiger partial charge in [0, 0.05) is 0 Å². The summed E-state index contributed by atoms with van der Waals surface area (Å²) in [7, 11) is 0. The van der Waals surface area contributed by atoms with Gasteiger partial charge in [0.05, 0.1) is 4.87 Å². The van der Waals surface area contributed by atoms with Crippen LogP contribution in [0.5, 0.6) is 0 Å². The van der Waals surface area contributed by atoms with Gasteiger partial charge in [0.25, 0.3) is 0 Å². The normalized spacial score (nSPS) is 39.0. The summed E-state index contributed by atoms with van der Waals surface area (Å²) in [5, 5.41) is 3.71. The van der Waals surface area contributed by atoms with Crippen LogP contribution in [-0.2, 0) is 0 Å². The van der Waals surface area contributed by atoms with Crippen molar-refractivity contribution in [1.29, 1.82) is 0 Å². The molecule has 0 radical (unpaired) electrons. The Morgan fingerprint density at radius 2 is 2.36 bits per heavy atom. The third-order valence-electron chi connectivity index (χ3n) is 2.87. The molecule has 1 heterocycles. The van der Waals surface area contributed by atoms with Gasteiger partial charge in [0.15, 0.2) is 0 Å². The monoisotopic (exact) mass is 171 g/mol. The second-order valence-electron chi connectivity index (χ2n) is 3.65. The molecule has 0 aromatic heterocycles. The summed E-state index contributed by atoms with van der Waals surface area (Å²) < 4.78 is 0. The van der Waals surface area contributed by atoms with E-state index in [4.69, 9.17) is 0 Å². The summed E-state index contributed by atoms with van der Waals surface area (Å²) in [6.07, 6.45) is 5.60. The van der Waals surface area contributed by atoms with Crippen molar-refractivity contribution in [1.82, 2.24) is 5.32 Å². The quantitative estimate of drug-likeness (QED) is 0.684. The van der Waals surface area contributed by atoms with Crippen LogP contribution in [-0.4, -0.2) is 17.2 Å². The Kier molecular flexibility index (Phi) is 2.15. The maximum absolute atomic E-state index is 3.71. The van der Waals surface area contributed by atoms with Gasteiger partial charge in [-0.25, -0.2) is 0 Å². The fourth-order valence-corrected chi connectivity index (χ4v) is 3.54. The summed E-state index contributed by atoms with van der Waals surface area (Å²) in [6, 6.07) is 0. The van der Waals surface area contributed by atoms with E-state index in [1.54, 1.807) is 0 Å². The summed E-state index contributed by atoms with van der Waals surface area (Å²) in [5.74, 6) is 2.37. The SMILES string of the molecule is CCC1(C2CC2)NCCCS1. The molecule has 2 heteroatoms. The lowest BCUT2D eigenvalue weighted by Crippen LogP contribution is -2.47. The molecule has 1 aliphatic heterocycles. The van der Waals surface area contributed by atoms with E-state index in [1.165, 1.54) is 38.0 Å². The van der Waals surface area contributed by atoms with Crippen LogP contribution in [0, 0.1) is 5.92 Å². The number of nitrogens with one attached hydrogen (secondary N) is 1. The Labute approximate surface area is 73.3 Å². The van der Waals surface area contributed by atoms with Crippen LogP contribution in [0.3, 0.4) is 0 Å². The zero-order chi connectivity index (χ0) is 7.73. The first-order valence-corrected chi connectivity index (χ1v) is 5.75. The van der Waals surface area contributed by atoms with Crippen LogP contribution in [0.25, 0.3) is 0 Å². The zero-order valence-electron chi connectivity index (χ0n) is 7.23. The Hall–Kier alpha value is 0.310. The molecule has 0 amide bonds. The molecule has 64 valence electrons. The van der Waals surface area contributed by atoms with Crippen LogP contribution in [0.15, 0.2) is 0 Å². The van der Waals surface area contributed by atoms with E-state index in [0.29, 0.717) is 4.87 Å². The second kappa shape index (κ2) is 2.98. The minimum Gasteiger partial charge on any atom is -0.303 e. The maximum atomic E-state index is 3.71. The third kappa shape index (κ3) is 1.43. The van der Waals surface area contributed by atoms with Crippen molar-refractivity contribution >= 4 is 11.8 Å². The molecule has 1 aliphatic carbocycles. The van der Waals surface area contributed by atoms with Crippen LogP contribution in [0.1, 0.15) is 32.6 Å². The van der Waals surface area contributed by atoms with E-state index < -0.39 is 0 Å². The van der Waals surface area contributed by atoms with E-state index in [1.807, 2.05) is 0 Å². The van der Waals surface area contributed by atoms with E-state index in [0.717, 1.165) is 5.92 Å². The minimum absolute atomic E-state index is 0.498. The third-order valence-corrected chi connectivity index (χ3v) is 4.64. The van der Waals surface area contributed by atoms with Crippen molar-refractivity contribution < 1.29 is 0 Å². The molecule has 1 nitrogen and oxygen atoms in total.